The van der Waals surface area contributed by atoms with Gasteiger partial charge in [0.25, 0.3) is 0 Å². The molecule has 0 aliphatic heterocycles. The van der Waals surface area contributed by atoms with E-state index in [2.05, 4.69) is 51.2 Å². The second-order valence-corrected chi connectivity index (χ2v) is 5.86. The third kappa shape index (κ3) is 4.14. The number of hydrogen-bond acceptors (Lipinski definition) is 2. The van der Waals surface area contributed by atoms with Crippen LogP contribution in [0, 0.1) is 6.92 Å². The normalized spacial score (nSPS) is 13.8. The molecule has 2 N–H and O–H groups in total. The van der Waals surface area contributed by atoms with Crippen molar-refractivity contribution in [3.05, 3.63) is 34.9 Å². The van der Waals surface area contributed by atoms with E-state index in [1.807, 2.05) is 6.92 Å². The SMILES string of the molecule is Cc1cc(C(C)(C)C)ccc1CNC(C)CO. The molecule has 0 bridgehead atoms. The van der Waals surface area contributed by atoms with Crippen LogP contribution in [0.4, 0.5) is 0 Å². The topological polar surface area (TPSA) is 32.3 Å². The van der Waals surface area contributed by atoms with Crippen molar-refractivity contribution < 1.29 is 5.11 Å². The van der Waals surface area contributed by atoms with E-state index < -0.39 is 0 Å². The van der Waals surface area contributed by atoms with E-state index in [1.165, 1.54) is 16.7 Å². The lowest BCUT2D eigenvalue weighted by Crippen LogP contribution is -2.29. The maximum absolute atomic E-state index is 8.97. The number of hydrogen-bond donors (Lipinski definition) is 2. The summed E-state index contributed by atoms with van der Waals surface area (Å²) in [6.07, 6.45) is 0. The molecular formula is C15H25NO. The number of aryl methyl sites for hydroxylation is 1. The molecular weight excluding hydrogens is 210 g/mol. The van der Waals surface area contributed by atoms with Gasteiger partial charge in [0.05, 0.1) is 6.61 Å². The summed E-state index contributed by atoms with van der Waals surface area (Å²) in [5, 5.41) is 12.3. The molecule has 1 aromatic rings. The number of aliphatic hydroxyl groups excluding tert-OH is 1. The van der Waals surface area contributed by atoms with Crippen molar-refractivity contribution in [3.63, 3.8) is 0 Å². The monoisotopic (exact) mass is 235 g/mol. The molecule has 1 aromatic carbocycles. The van der Waals surface area contributed by atoms with Crippen LogP contribution in [0.25, 0.3) is 0 Å². The molecule has 0 fully saturated rings. The molecule has 2 nitrogen and oxygen atoms in total. The average Bonchev–Trinajstić information content (AvgIpc) is 2.25. The molecule has 0 aliphatic rings. The highest BCUT2D eigenvalue weighted by molar-refractivity contribution is 5.34. The largest absolute Gasteiger partial charge is 0.395 e. The molecule has 1 rings (SSSR count). The van der Waals surface area contributed by atoms with Crippen molar-refractivity contribution in [3.8, 4) is 0 Å². The van der Waals surface area contributed by atoms with Crippen LogP contribution in [0.5, 0.6) is 0 Å². The zero-order valence-electron chi connectivity index (χ0n) is 11.7. The first kappa shape index (κ1) is 14.2. The lowest BCUT2D eigenvalue weighted by Gasteiger charge is -2.21. The smallest absolute Gasteiger partial charge is 0.0582 e. The number of benzene rings is 1. The van der Waals surface area contributed by atoms with Crippen LogP contribution < -0.4 is 5.32 Å². The summed E-state index contributed by atoms with van der Waals surface area (Å²) in [6, 6.07) is 6.80. The maximum atomic E-state index is 8.97. The van der Waals surface area contributed by atoms with E-state index in [9.17, 15) is 0 Å². The molecule has 0 aliphatic carbocycles. The molecule has 96 valence electrons. The van der Waals surface area contributed by atoms with Gasteiger partial charge in [-0.25, -0.2) is 0 Å². The molecule has 0 saturated heterocycles. The van der Waals surface area contributed by atoms with Crippen molar-refractivity contribution in [1.82, 2.24) is 5.32 Å². The van der Waals surface area contributed by atoms with Crippen molar-refractivity contribution in [2.24, 2.45) is 0 Å². The summed E-state index contributed by atoms with van der Waals surface area (Å²) < 4.78 is 0. The third-order valence-electron chi connectivity index (χ3n) is 3.12. The molecule has 2 heteroatoms. The zero-order valence-corrected chi connectivity index (χ0v) is 11.7. The number of rotatable bonds is 4. The Hall–Kier alpha value is -0.860. The van der Waals surface area contributed by atoms with E-state index >= 15 is 0 Å². The number of aliphatic hydroxyl groups is 1. The van der Waals surface area contributed by atoms with Gasteiger partial charge in [0.1, 0.15) is 0 Å². The summed E-state index contributed by atoms with van der Waals surface area (Å²) in [5.41, 5.74) is 4.19. The van der Waals surface area contributed by atoms with E-state index in [-0.39, 0.29) is 18.1 Å². The van der Waals surface area contributed by atoms with Gasteiger partial charge in [-0.05, 0) is 36.0 Å². The molecule has 0 spiro atoms. The van der Waals surface area contributed by atoms with Gasteiger partial charge in [0.2, 0.25) is 0 Å². The van der Waals surface area contributed by atoms with Crippen LogP contribution in [0.1, 0.15) is 44.4 Å². The first-order valence-electron chi connectivity index (χ1n) is 6.29. The molecule has 0 heterocycles. The first-order valence-corrected chi connectivity index (χ1v) is 6.29. The summed E-state index contributed by atoms with van der Waals surface area (Å²) >= 11 is 0. The molecule has 0 saturated carbocycles. The number of nitrogens with one attached hydrogen (secondary N) is 1. The minimum Gasteiger partial charge on any atom is -0.395 e. The Morgan fingerprint density at radius 1 is 1.29 bits per heavy atom. The van der Waals surface area contributed by atoms with Crippen LogP contribution in [-0.2, 0) is 12.0 Å². The van der Waals surface area contributed by atoms with Crippen molar-refractivity contribution in [2.75, 3.05) is 6.61 Å². The minimum absolute atomic E-state index is 0.150. The van der Waals surface area contributed by atoms with Gasteiger partial charge in [-0.3, -0.25) is 0 Å². The molecule has 0 radical (unpaired) electrons. The Morgan fingerprint density at radius 3 is 2.41 bits per heavy atom. The van der Waals surface area contributed by atoms with E-state index in [1.54, 1.807) is 0 Å². The first-order chi connectivity index (χ1) is 7.84. The Balaban J connectivity index is 2.77. The van der Waals surface area contributed by atoms with Crippen LogP contribution in [0.3, 0.4) is 0 Å². The Bertz CT molecular complexity index is 366. The second kappa shape index (κ2) is 5.65. The second-order valence-electron chi connectivity index (χ2n) is 5.86. The van der Waals surface area contributed by atoms with Gasteiger partial charge in [-0.1, -0.05) is 39.0 Å². The molecule has 1 atom stereocenters. The van der Waals surface area contributed by atoms with E-state index in [0.717, 1.165) is 6.54 Å². The zero-order chi connectivity index (χ0) is 13.1. The Morgan fingerprint density at radius 2 is 1.94 bits per heavy atom. The lowest BCUT2D eigenvalue weighted by molar-refractivity contribution is 0.251. The molecule has 1 unspecified atom stereocenters. The van der Waals surface area contributed by atoms with Gasteiger partial charge in [-0.15, -0.1) is 0 Å². The van der Waals surface area contributed by atoms with Crippen molar-refractivity contribution >= 4 is 0 Å². The van der Waals surface area contributed by atoms with E-state index in [4.69, 9.17) is 5.11 Å². The van der Waals surface area contributed by atoms with Crippen LogP contribution in [0.15, 0.2) is 18.2 Å². The maximum Gasteiger partial charge on any atom is 0.0582 e. The molecule has 0 aromatic heterocycles. The minimum atomic E-state index is 0.150. The predicted molar refractivity (Wildman–Crippen MR) is 73.3 cm³/mol. The quantitative estimate of drug-likeness (QED) is 0.841. The fourth-order valence-corrected chi connectivity index (χ4v) is 1.71. The van der Waals surface area contributed by atoms with Crippen LogP contribution in [-0.4, -0.2) is 17.8 Å². The molecule has 0 amide bonds. The fourth-order valence-electron chi connectivity index (χ4n) is 1.71. The van der Waals surface area contributed by atoms with Gasteiger partial charge < -0.3 is 10.4 Å². The summed E-state index contributed by atoms with van der Waals surface area (Å²) in [7, 11) is 0. The summed E-state index contributed by atoms with van der Waals surface area (Å²) in [6.45, 7) is 11.8. The summed E-state index contributed by atoms with van der Waals surface area (Å²) in [5.74, 6) is 0. The standard InChI is InChI=1S/C15H25NO/c1-11-8-14(15(3,4)5)7-6-13(11)9-16-12(2)10-17/h6-8,12,16-17H,9-10H2,1-5H3. The Labute approximate surface area is 105 Å². The van der Waals surface area contributed by atoms with Crippen molar-refractivity contribution in [2.45, 2.75) is 52.6 Å². The Kier molecular flexibility index (Phi) is 4.72. The van der Waals surface area contributed by atoms with Gasteiger partial charge >= 0.3 is 0 Å². The predicted octanol–water partition coefficient (Wildman–Crippen LogP) is 2.76. The summed E-state index contributed by atoms with van der Waals surface area (Å²) in [4.78, 5) is 0. The van der Waals surface area contributed by atoms with Crippen molar-refractivity contribution in [1.29, 1.82) is 0 Å². The van der Waals surface area contributed by atoms with Gasteiger partial charge in [-0.2, -0.15) is 0 Å². The van der Waals surface area contributed by atoms with E-state index in [0.29, 0.717) is 0 Å². The highest BCUT2D eigenvalue weighted by atomic mass is 16.3. The third-order valence-corrected chi connectivity index (χ3v) is 3.12. The lowest BCUT2D eigenvalue weighted by atomic mass is 9.85. The van der Waals surface area contributed by atoms with Crippen LogP contribution in [0.2, 0.25) is 0 Å². The highest BCUT2D eigenvalue weighted by Crippen LogP contribution is 2.24. The van der Waals surface area contributed by atoms with Gasteiger partial charge in [0, 0.05) is 12.6 Å². The molecule has 17 heavy (non-hydrogen) atoms. The fraction of sp³-hybridized carbons (Fsp3) is 0.600. The van der Waals surface area contributed by atoms with Crippen LogP contribution >= 0.6 is 0 Å². The van der Waals surface area contributed by atoms with Gasteiger partial charge in [0.15, 0.2) is 0 Å². The highest BCUT2D eigenvalue weighted by Gasteiger charge is 2.14. The average molecular weight is 235 g/mol.